The average Bonchev–Trinajstić information content (AvgIpc) is 3.30. The van der Waals surface area contributed by atoms with Crippen LogP contribution in [0.25, 0.3) is 5.65 Å². The van der Waals surface area contributed by atoms with E-state index in [1.165, 1.54) is 6.07 Å². The number of pyridine rings is 1. The van der Waals surface area contributed by atoms with Gasteiger partial charge in [0.25, 0.3) is 0 Å². The molecule has 10 nitrogen and oxygen atoms in total. The van der Waals surface area contributed by atoms with Crippen LogP contribution in [0.15, 0.2) is 48.0 Å². The Hall–Kier alpha value is -3.60. The van der Waals surface area contributed by atoms with Gasteiger partial charge in [-0.25, -0.2) is 32.9 Å². The molecule has 5 rings (SSSR count). The number of nitrogens with zero attached hydrogens (tertiary/aromatic N) is 7. The highest BCUT2D eigenvalue weighted by Gasteiger charge is 2.25. The molecule has 188 valence electrons. The Balaban J connectivity index is 1.32. The van der Waals surface area contributed by atoms with Crippen LogP contribution in [0.2, 0.25) is 0 Å². The van der Waals surface area contributed by atoms with Gasteiger partial charge in [0.05, 0.1) is 35.2 Å². The lowest BCUT2D eigenvalue weighted by atomic mass is 9.94. The Labute approximate surface area is 210 Å². The van der Waals surface area contributed by atoms with E-state index in [0.717, 1.165) is 60.8 Å². The number of sulfone groups is 1. The average molecular weight is 507 g/mol. The second kappa shape index (κ2) is 9.45. The standard InChI is InChI=1S/C25H30N8O2S/c1-16(2)19-13-27-25(28-14-19)32-11-8-18(9-12-32)22-15-26-24-21(7-10-29-33(22)24)31-20-5-6-23(30-17(20)3)36(4,34)35/h5-7,10,13-16,18,31H,8-9,11-12H2,1-4H3. The van der Waals surface area contributed by atoms with E-state index in [-0.39, 0.29) is 5.03 Å². The largest absolute Gasteiger partial charge is 0.351 e. The summed E-state index contributed by atoms with van der Waals surface area (Å²) in [6.45, 7) is 7.80. The number of rotatable bonds is 6. The number of aromatic nitrogens is 6. The number of piperidine rings is 1. The van der Waals surface area contributed by atoms with Crippen molar-refractivity contribution in [3.05, 3.63) is 59.9 Å². The Bertz CT molecular complexity index is 1490. The lowest BCUT2D eigenvalue weighted by molar-refractivity contribution is 0.483. The molecular weight excluding hydrogens is 476 g/mol. The van der Waals surface area contributed by atoms with E-state index in [0.29, 0.717) is 23.2 Å². The Morgan fingerprint density at radius 2 is 1.72 bits per heavy atom. The van der Waals surface area contributed by atoms with Gasteiger partial charge in [0, 0.05) is 37.7 Å². The summed E-state index contributed by atoms with van der Waals surface area (Å²) >= 11 is 0. The van der Waals surface area contributed by atoms with Crippen molar-refractivity contribution in [3.63, 3.8) is 0 Å². The minimum Gasteiger partial charge on any atom is -0.351 e. The molecule has 1 aliphatic rings. The molecule has 0 bridgehead atoms. The van der Waals surface area contributed by atoms with Crippen LogP contribution in [-0.4, -0.2) is 57.3 Å². The van der Waals surface area contributed by atoms with Crippen molar-refractivity contribution in [2.75, 3.05) is 29.6 Å². The van der Waals surface area contributed by atoms with Crippen LogP contribution in [0.1, 0.15) is 55.5 Å². The van der Waals surface area contributed by atoms with Crippen molar-refractivity contribution in [1.82, 2.24) is 29.5 Å². The van der Waals surface area contributed by atoms with Crippen LogP contribution in [0.3, 0.4) is 0 Å². The molecule has 0 amide bonds. The van der Waals surface area contributed by atoms with Gasteiger partial charge in [-0.05, 0) is 49.4 Å². The van der Waals surface area contributed by atoms with E-state index in [9.17, 15) is 8.42 Å². The molecule has 1 fully saturated rings. The summed E-state index contributed by atoms with van der Waals surface area (Å²) < 4.78 is 25.5. The van der Waals surface area contributed by atoms with Crippen molar-refractivity contribution in [1.29, 1.82) is 0 Å². The number of hydrogen-bond donors (Lipinski definition) is 1. The van der Waals surface area contributed by atoms with E-state index < -0.39 is 9.84 Å². The molecule has 4 aromatic rings. The zero-order chi connectivity index (χ0) is 25.4. The number of hydrogen-bond acceptors (Lipinski definition) is 9. The SMILES string of the molecule is Cc1nc(S(C)(=O)=O)ccc1Nc1ccnn2c(C3CCN(c4ncc(C(C)C)cn4)CC3)cnc12. The fraction of sp³-hybridized carbons (Fsp3) is 0.400. The van der Waals surface area contributed by atoms with Crippen LogP contribution in [0.4, 0.5) is 17.3 Å². The third-order valence-corrected chi connectivity index (χ3v) is 7.65. The predicted octanol–water partition coefficient (Wildman–Crippen LogP) is 3.88. The highest BCUT2D eigenvalue weighted by atomic mass is 32.2. The lowest BCUT2D eigenvalue weighted by Gasteiger charge is -2.31. The number of fused-ring (bicyclic) bond motifs is 1. The first kappa shape index (κ1) is 24.1. The van der Waals surface area contributed by atoms with Gasteiger partial charge in [0.15, 0.2) is 20.5 Å². The Morgan fingerprint density at radius 1 is 1.00 bits per heavy atom. The predicted molar refractivity (Wildman–Crippen MR) is 139 cm³/mol. The summed E-state index contributed by atoms with van der Waals surface area (Å²) in [5.74, 6) is 1.52. The lowest BCUT2D eigenvalue weighted by Crippen LogP contribution is -2.34. The van der Waals surface area contributed by atoms with Crippen LogP contribution in [-0.2, 0) is 9.84 Å². The number of imidazole rings is 1. The molecule has 0 radical (unpaired) electrons. The summed E-state index contributed by atoms with van der Waals surface area (Å²) in [6, 6.07) is 5.09. The van der Waals surface area contributed by atoms with Crippen LogP contribution in [0.5, 0.6) is 0 Å². The van der Waals surface area contributed by atoms with Gasteiger partial charge in [-0.3, -0.25) is 0 Å². The van der Waals surface area contributed by atoms with Gasteiger partial charge in [-0.1, -0.05) is 13.8 Å². The van der Waals surface area contributed by atoms with Gasteiger partial charge >= 0.3 is 0 Å². The second-order valence-corrected chi connectivity index (χ2v) is 11.5. The minimum absolute atomic E-state index is 0.0566. The maximum atomic E-state index is 11.8. The quantitative estimate of drug-likeness (QED) is 0.415. The van der Waals surface area contributed by atoms with Crippen molar-refractivity contribution >= 4 is 32.8 Å². The Kier molecular flexibility index (Phi) is 6.33. The van der Waals surface area contributed by atoms with E-state index in [2.05, 4.69) is 49.1 Å². The summed E-state index contributed by atoms with van der Waals surface area (Å²) in [6.07, 6.45) is 10.6. The van der Waals surface area contributed by atoms with Crippen LogP contribution in [0, 0.1) is 6.92 Å². The second-order valence-electron chi connectivity index (χ2n) is 9.58. The van der Waals surface area contributed by atoms with E-state index in [1.807, 2.05) is 29.2 Å². The summed E-state index contributed by atoms with van der Waals surface area (Å²) in [5.41, 5.74) is 5.03. The normalized spacial score (nSPS) is 15.1. The molecule has 1 N–H and O–H groups in total. The van der Waals surface area contributed by atoms with Gasteiger partial charge in [-0.2, -0.15) is 5.10 Å². The summed E-state index contributed by atoms with van der Waals surface area (Å²) in [7, 11) is -3.36. The maximum Gasteiger partial charge on any atom is 0.225 e. The van der Waals surface area contributed by atoms with Gasteiger partial charge in [0.1, 0.15) is 0 Å². The van der Waals surface area contributed by atoms with Crippen LogP contribution >= 0.6 is 0 Å². The third kappa shape index (κ3) is 4.75. The zero-order valence-corrected chi connectivity index (χ0v) is 21.7. The molecule has 0 atom stereocenters. The molecule has 1 saturated heterocycles. The monoisotopic (exact) mass is 506 g/mol. The number of anilines is 3. The molecular formula is C25H30N8O2S. The van der Waals surface area contributed by atoms with E-state index in [1.54, 1.807) is 19.2 Å². The smallest absolute Gasteiger partial charge is 0.225 e. The molecule has 0 saturated carbocycles. The van der Waals surface area contributed by atoms with Crippen molar-refractivity contribution < 1.29 is 8.42 Å². The first-order valence-electron chi connectivity index (χ1n) is 12.0. The first-order chi connectivity index (χ1) is 17.2. The van der Waals surface area contributed by atoms with Crippen molar-refractivity contribution in [2.45, 2.75) is 50.5 Å². The van der Waals surface area contributed by atoms with Crippen LogP contribution < -0.4 is 10.2 Å². The third-order valence-electron chi connectivity index (χ3n) is 6.66. The fourth-order valence-corrected chi connectivity index (χ4v) is 5.10. The Morgan fingerprint density at radius 3 is 2.36 bits per heavy atom. The number of nitrogens with one attached hydrogen (secondary N) is 1. The molecule has 11 heteroatoms. The van der Waals surface area contributed by atoms with E-state index >= 15 is 0 Å². The molecule has 4 aromatic heterocycles. The maximum absolute atomic E-state index is 11.8. The molecule has 0 unspecified atom stereocenters. The zero-order valence-electron chi connectivity index (χ0n) is 20.9. The topological polar surface area (TPSA) is 118 Å². The highest BCUT2D eigenvalue weighted by molar-refractivity contribution is 7.90. The van der Waals surface area contributed by atoms with Gasteiger partial charge < -0.3 is 10.2 Å². The van der Waals surface area contributed by atoms with Crippen molar-refractivity contribution in [2.24, 2.45) is 0 Å². The highest BCUT2D eigenvalue weighted by Crippen LogP contribution is 2.31. The molecule has 0 aliphatic carbocycles. The molecule has 0 aromatic carbocycles. The molecule has 36 heavy (non-hydrogen) atoms. The first-order valence-corrected chi connectivity index (χ1v) is 13.9. The summed E-state index contributed by atoms with van der Waals surface area (Å²) in [5, 5.41) is 7.97. The minimum atomic E-state index is -3.36. The molecule has 0 spiro atoms. The van der Waals surface area contributed by atoms with Crippen molar-refractivity contribution in [3.8, 4) is 0 Å². The van der Waals surface area contributed by atoms with Gasteiger partial charge in [0.2, 0.25) is 5.95 Å². The summed E-state index contributed by atoms with van der Waals surface area (Å²) in [4.78, 5) is 20.3. The van der Waals surface area contributed by atoms with Gasteiger partial charge in [-0.15, -0.1) is 0 Å². The molecule has 5 heterocycles. The fourth-order valence-electron chi connectivity index (χ4n) is 4.48. The van der Waals surface area contributed by atoms with E-state index in [4.69, 9.17) is 0 Å². The number of aryl methyl sites for hydroxylation is 1. The molecule has 1 aliphatic heterocycles.